The Labute approximate surface area is 175 Å². The minimum atomic E-state index is -0.778. The van der Waals surface area contributed by atoms with Gasteiger partial charge in [0.2, 0.25) is 11.8 Å². The molecule has 2 aromatic rings. The average Bonchev–Trinajstić information content (AvgIpc) is 2.72. The Bertz CT molecular complexity index is 1020. The zero-order valence-electron chi connectivity index (χ0n) is 15.6. The first-order chi connectivity index (χ1) is 14.3. The summed E-state index contributed by atoms with van der Waals surface area (Å²) in [5.41, 5.74) is -0.0757. The number of ketones is 1. The molecule has 1 fully saturated rings. The molecule has 10 heteroatoms. The van der Waals surface area contributed by atoms with E-state index in [-0.39, 0.29) is 34.7 Å². The summed E-state index contributed by atoms with van der Waals surface area (Å²) in [6.45, 7) is -0.612. The number of piperidine rings is 1. The van der Waals surface area contributed by atoms with Crippen LogP contribution >= 0.6 is 11.6 Å². The molecule has 2 aromatic carbocycles. The molecule has 0 saturated carbocycles. The predicted octanol–water partition coefficient (Wildman–Crippen LogP) is 3.03. The van der Waals surface area contributed by atoms with Crippen LogP contribution in [0.25, 0.3) is 0 Å². The van der Waals surface area contributed by atoms with E-state index in [0.29, 0.717) is 11.4 Å². The SMILES string of the molecule is O=C(CN(C(=O)c1ccccc1Cl)N1C(=O)CCCC1=O)c1ccc([N+](=O)[O-])cc1. The lowest BCUT2D eigenvalue weighted by molar-refractivity contribution is -0.384. The molecule has 3 amide bonds. The van der Waals surface area contributed by atoms with E-state index < -0.39 is 35.0 Å². The van der Waals surface area contributed by atoms with Crippen molar-refractivity contribution >= 4 is 40.8 Å². The van der Waals surface area contributed by atoms with Gasteiger partial charge in [0.25, 0.3) is 11.6 Å². The highest BCUT2D eigenvalue weighted by atomic mass is 35.5. The number of amides is 3. The van der Waals surface area contributed by atoms with E-state index >= 15 is 0 Å². The molecule has 9 nitrogen and oxygen atoms in total. The van der Waals surface area contributed by atoms with Gasteiger partial charge in [0.05, 0.1) is 15.5 Å². The van der Waals surface area contributed by atoms with Crippen molar-refractivity contribution in [2.24, 2.45) is 0 Å². The molecule has 0 aliphatic carbocycles. The lowest BCUT2D eigenvalue weighted by Gasteiger charge is -2.35. The van der Waals surface area contributed by atoms with Crippen molar-refractivity contribution in [2.75, 3.05) is 6.54 Å². The van der Waals surface area contributed by atoms with Crippen LogP contribution in [0, 0.1) is 10.1 Å². The highest BCUT2D eigenvalue weighted by molar-refractivity contribution is 6.34. The van der Waals surface area contributed by atoms with Gasteiger partial charge in [-0.15, -0.1) is 0 Å². The maximum atomic E-state index is 13.1. The molecule has 0 bridgehead atoms. The van der Waals surface area contributed by atoms with Crippen molar-refractivity contribution in [3.63, 3.8) is 0 Å². The van der Waals surface area contributed by atoms with Crippen LogP contribution in [0.4, 0.5) is 5.69 Å². The largest absolute Gasteiger partial charge is 0.292 e. The monoisotopic (exact) mass is 429 g/mol. The van der Waals surface area contributed by atoms with Crippen LogP contribution in [0.3, 0.4) is 0 Å². The van der Waals surface area contributed by atoms with Crippen LogP contribution < -0.4 is 0 Å². The van der Waals surface area contributed by atoms with Gasteiger partial charge in [-0.1, -0.05) is 23.7 Å². The van der Waals surface area contributed by atoms with Gasteiger partial charge in [0.15, 0.2) is 5.78 Å². The number of non-ortho nitro benzene ring substituents is 1. The molecule has 0 aromatic heterocycles. The molecule has 0 spiro atoms. The first kappa shape index (κ1) is 21.1. The van der Waals surface area contributed by atoms with Crippen molar-refractivity contribution in [2.45, 2.75) is 19.3 Å². The third kappa shape index (κ3) is 4.36. The molecule has 1 aliphatic rings. The summed E-state index contributed by atoms with van der Waals surface area (Å²) < 4.78 is 0. The van der Waals surface area contributed by atoms with Crippen LogP contribution in [0.2, 0.25) is 5.02 Å². The maximum absolute atomic E-state index is 13.1. The Balaban J connectivity index is 1.94. The van der Waals surface area contributed by atoms with Crippen LogP contribution in [0.15, 0.2) is 48.5 Å². The number of nitrogens with zero attached hydrogens (tertiary/aromatic N) is 3. The van der Waals surface area contributed by atoms with Crippen LogP contribution in [-0.4, -0.2) is 45.0 Å². The normalized spacial score (nSPS) is 13.8. The first-order valence-electron chi connectivity index (χ1n) is 8.99. The number of nitro benzene ring substituents is 1. The number of hydrogen-bond acceptors (Lipinski definition) is 6. The fraction of sp³-hybridized carbons (Fsp3) is 0.200. The van der Waals surface area contributed by atoms with Crippen molar-refractivity contribution in [1.82, 2.24) is 10.0 Å². The summed E-state index contributed by atoms with van der Waals surface area (Å²) in [4.78, 5) is 60.9. The second-order valence-electron chi connectivity index (χ2n) is 6.52. The Morgan fingerprint density at radius 1 is 1.03 bits per heavy atom. The number of carbonyl (C=O) groups is 4. The number of nitro groups is 1. The lowest BCUT2D eigenvalue weighted by Crippen LogP contribution is -2.56. The van der Waals surface area contributed by atoms with Gasteiger partial charge < -0.3 is 0 Å². The summed E-state index contributed by atoms with van der Waals surface area (Å²) in [6.07, 6.45) is 0.478. The summed E-state index contributed by atoms with van der Waals surface area (Å²) >= 11 is 6.09. The van der Waals surface area contributed by atoms with Crippen molar-refractivity contribution < 1.29 is 24.1 Å². The molecule has 0 radical (unpaired) electrons. The minimum Gasteiger partial charge on any atom is -0.292 e. The van der Waals surface area contributed by atoms with E-state index in [9.17, 15) is 29.3 Å². The van der Waals surface area contributed by atoms with Crippen LogP contribution in [0.1, 0.15) is 40.0 Å². The van der Waals surface area contributed by atoms with E-state index in [4.69, 9.17) is 11.6 Å². The van der Waals surface area contributed by atoms with E-state index in [0.717, 1.165) is 17.1 Å². The third-order valence-electron chi connectivity index (χ3n) is 4.53. The summed E-state index contributed by atoms with van der Waals surface area (Å²) in [7, 11) is 0. The molecule has 30 heavy (non-hydrogen) atoms. The van der Waals surface area contributed by atoms with E-state index in [1.807, 2.05) is 0 Å². The van der Waals surface area contributed by atoms with Gasteiger partial charge in [-0.25, -0.2) is 5.01 Å². The molecule has 1 saturated heterocycles. The topological polar surface area (TPSA) is 118 Å². The zero-order valence-corrected chi connectivity index (χ0v) is 16.4. The number of rotatable bonds is 6. The Morgan fingerprint density at radius 2 is 1.63 bits per heavy atom. The quantitative estimate of drug-likeness (QED) is 0.301. The Morgan fingerprint density at radius 3 is 2.20 bits per heavy atom. The van der Waals surface area contributed by atoms with Crippen molar-refractivity contribution in [3.8, 4) is 0 Å². The molecule has 1 heterocycles. The highest BCUT2D eigenvalue weighted by Crippen LogP contribution is 2.22. The predicted molar refractivity (Wildman–Crippen MR) is 106 cm³/mol. The first-order valence-corrected chi connectivity index (χ1v) is 9.37. The lowest BCUT2D eigenvalue weighted by atomic mass is 10.1. The van der Waals surface area contributed by atoms with Gasteiger partial charge in [-0.05, 0) is 30.7 Å². The van der Waals surface area contributed by atoms with Crippen LogP contribution in [0.5, 0.6) is 0 Å². The average molecular weight is 430 g/mol. The molecule has 0 atom stereocenters. The zero-order chi connectivity index (χ0) is 21.8. The minimum absolute atomic E-state index is 0.0295. The number of carbonyl (C=O) groups excluding carboxylic acids is 4. The van der Waals surface area contributed by atoms with Crippen molar-refractivity contribution in [1.29, 1.82) is 0 Å². The fourth-order valence-electron chi connectivity index (χ4n) is 3.01. The molecular formula is C20H16ClN3O6. The summed E-state index contributed by atoms with van der Waals surface area (Å²) in [5.74, 6) is -2.57. The number of benzene rings is 2. The molecule has 0 unspecified atom stereocenters. The molecule has 3 rings (SSSR count). The molecular weight excluding hydrogens is 414 g/mol. The highest BCUT2D eigenvalue weighted by Gasteiger charge is 2.36. The fourth-order valence-corrected chi connectivity index (χ4v) is 3.23. The van der Waals surface area contributed by atoms with E-state index in [1.165, 1.54) is 24.3 Å². The Kier molecular flexibility index (Phi) is 6.22. The number of hydrazine groups is 1. The van der Waals surface area contributed by atoms with Crippen molar-refractivity contribution in [3.05, 3.63) is 74.8 Å². The molecule has 1 aliphatic heterocycles. The van der Waals surface area contributed by atoms with Gasteiger partial charge in [0, 0.05) is 30.5 Å². The Hall–Kier alpha value is -3.59. The summed E-state index contributed by atoms with van der Waals surface area (Å²) in [6, 6.07) is 10.9. The van der Waals surface area contributed by atoms with Gasteiger partial charge >= 0.3 is 0 Å². The van der Waals surface area contributed by atoms with Crippen LogP contribution in [-0.2, 0) is 9.59 Å². The number of hydrogen-bond donors (Lipinski definition) is 0. The second-order valence-corrected chi connectivity index (χ2v) is 6.93. The summed E-state index contributed by atoms with van der Waals surface area (Å²) in [5, 5.41) is 12.4. The van der Waals surface area contributed by atoms with Gasteiger partial charge in [-0.2, -0.15) is 5.01 Å². The second kappa shape index (κ2) is 8.83. The molecule has 0 N–H and O–H groups in total. The number of imide groups is 1. The number of Topliss-reactive ketones (excluding diaryl/α,β-unsaturated/α-hetero) is 1. The van der Waals surface area contributed by atoms with E-state index in [1.54, 1.807) is 12.1 Å². The van der Waals surface area contributed by atoms with Gasteiger partial charge in [0.1, 0.15) is 6.54 Å². The maximum Gasteiger partial charge on any atom is 0.274 e. The standard InChI is InChI=1S/C20H16ClN3O6/c21-16-5-2-1-4-15(16)20(28)22(23-18(26)6-3-7-19(23)27)12-17(25)13-8-10-14(11-9-13)24(29)30/h1-2,4-5,8-11H,3,6-7,12H2. The number of halogens is 1. The van der Waals surface area contributed by atoms with Gasteiger partial charge in [-0.3, -0.25) is 29.3 Å². The third-order valence-corrected chi connectivity index (χ3v) is 4.86. The van der Waals surface area contributed by atoms with E-state index in [2.05, 4.69) is 0 Å². The molecule has 154 valence electrons. The smallest absolute Gasteiger partial charge is 0.274 e.